The highest BCUT2D eigenvalue weighted by Crippen LogP contribution is 2.32. The summed E-state index contributed by atoms with van der Waals surface area (Å²) in [7, 11) is 1.64. The summed E-state index contributed by atoms with van der Waals surface area (Å²) < 4.78 is 22.4. The Labute approximate surface area is 195 Å². The summed E-state index contributed by atoms with van der Waals surface area (Å²) in [6.07, 6.45) is 0.882. The number of hydrogen-bond acceptors (Lipinski definition) is 5. The molecule has 30 heavy (non-hydrogen) atoms. The Morgan fingerprint density at radius 1 is 1.03 bits per heavy atom. The lowest BCUT2D eigenvalue weighted by Gasteiger charge is -2.14. The molecule has 1 aliphatic rings. The lowest BCUT2D eigenvalue weighted by molar-refractivity contribution is 0.297. The number of ether oxygens (including phenoxy) is 4. The number of nitrogens with zero attached hydrogens (tertiary/aromatic N) is 1. The molecule has 3 rings (SSSR count). The Morgan fingerprint density at radius 2 is 1.83 bits per heavy atom. The van der Waals surface area contributed by atoms with Crippen molar-refractivity contribution in [3.8, 4) is 23.0 Å². The Kier molecular flexibility index (Phi) is 9.85. The van der Waals surface area contributed by atoms with Crippen molar-refractivity contribution < 1.29 is 18.9 Å². The molecule has 1 aliphatic heterocycles. The lowest BCUT2D eigenvalue weighted by atomic mass is 10.2. The van der Waals surface area contributed by atoms with Crippen molar-refractivity contribution in [3.05, 3.63) is 42.0 Å². The molecular weight excluding hydrogens is 497 g/mol. The molecule has 0 fully saturated rings. The van der Waals surface area contributed by atoms with Gasteiger partial charge >= 0.3 is 0 Å². The normalized spacial score (nSPS) is 13.0. The maximum absolute atomic E-state index is 5.77. The zero-order chi connectivity index (χ0) is 20.5. The van der Waals surface area contributed by atoms with Crippen LogP contribution in [0.2, 0.25) is 0 Å². The number of anilines is 1. The molecule has 8 heteroatoms. The molecule has 0 unspecified atom stereocenters. The molecule has 2 N–H and O–H groups in total. The van der Waals surface area contributed by atoms with Gasteiger partial charge in [0.1, 0.15) is 0 Å². The van der Waals surface area contributed by atoms with Gasteiger partial charge in [0.05, 0.1) is 33.5 Å². The largest absolute Gasteiger partial charge is 0.493 e. The summed E-state index contributed by atoms with van der Waals surface area (Å²) in [4.78, 5) is 4.69. The minimum absolute atomic E-state index is 0. The summed E-state index contributed by atoms with van der Waals surface area (Å²) in [5.41, 5.74) is 1.92. The second-order valence-electron chi connectivity index (χ2n) is 6.45. The maximum Gasteiger partial charge on any atom is 0.196 e. The molecule has 0 amide bonds. The zero-order valence-electron chi connectivity index (χ0n) is 17.7. The quantitative estimate of drug-likeness (QED) is 0.315. The van der Waals surface area contributed by atoms with E-state index in [1.807, 2.05) is 50.2 Å². The number of halogens is 1. The minimum Gasteiger partial charge on any atom is -0.493 e. The van der Waals surface area contributed by atoms with Gasteiger partial charge in [0, 0.05) is 24.7 Å². The van der Waals surface area contributed by atoms with Crippen LogP contribution in [-0.4, -0.2) is 39.4 Å². The Bertz CT molecular complexity index is 845. The molecular formula is C22H30IN3O4. The third-order valence-corrected chi connectivity index (χ3v) is 4.30. The lowest BCUT2D eigenvalue weighted by Crippen LogP contribution is -2.30. The number of benzene rings is 2. The second-order valence-corrected chi connectivity index (χ2v) is 6.45. The third kappa shape index (κ3) is 6.58. The van der Waals surface area contributed by atoms with Crippen molar-refractivity contribution >= 4 is 35.6 Å². The van der Waals surface area contributed by atoms with E-state index < -0.39 is 0 Å². The molecule has 164 valence electrons. The average Bonchev–Trinajstić information content (AvgIpc) is 2.98. The van der Waals surface area contributed by atoms with Crippen LogP contribution < -0.4 is 29.6 Å². The summed E-state index contributed by atoms with van der Waals surface area (Å²) >= 11 is 0. The molecule has 0 radical (unpaired) electrons. The van der Waals surface area contributed by atoms with Crippen molar-refractivity contribution in [2.45, 2.75) is 26.8 Å². The van der Waals surface area contributed by atoms with E-state index in [2.05, 4.69) is 15.6 Å². The minimum atomic E-state index is 0. The van der Waals surface area contributed by atoms with E-state index in [-0.39, 0.29) is 24.0 Å². The van der Waals surface area contributed by atoms with Gasteiger partial charge in [-0.2, -0.15) is 0 Å². The zero-order valence-corrected chi connectivity index (χ0v) is 20.0. The standard InChI is InChI=1S/C22H29N3O4.HI/c1-4-23-22(24-15-16-7-9-18(27-5-2)20(13-16)26-3)25-17-8-10-19-21(14-17)29-12-6-11-28-19;/h7-10,13-14H,4-6,11-12,15H2,1-3H3,(H2,23,24,25);1H. The summed E-state index contributed by atoms with van der Waals surface area (Å²) in [5, 5.41) is 6.59. The number of hydrogen-bond donors (Lipinski definition) is 2. The fourth-order valence-corrected chi connectivity index (χ4v) is 2.94. The smallest absolute Gasteiger partial charge is 0.196 e. The molecule has 2 aromatic rings. The molecule has 0 spiro atoms. The molecule has 0 bridgehead atoms. The van der Waals surface area contributed by atoms with Crippen LogP contribution in [0.25, 0.3) is 0 Å². The summed E-state index contributed by atoms with van der Waals surface area (Å²) in [6, 6.07) is 11.7. The fourth-order valence-electron chi connectivity index (χ4n) is 2.94. The van der Waals surface area contributed by atoms with E-state index in [9.17, 15) is 0 Å². The first-order valence-electron chi connectivity index (χ1n) is 9.98. The van der Waals surface area contributed by atoms with Gasteiger partial charge in [0.2, 0.25) is 0 Å². The van der Waals surface area contributed by atoms with E-state index >= 15 is 0 Å². The predicted molar refractivity (Wildman–Crippen MR) is 130 cm³/mol. The van der Waals surface area contributed by atoms with Crippen molar-refractivity contribution in [1.82, 2.24) is 5.32 Å². The first kappa shape index (κ1) is 23.9. The SMILES string of the molecule is CCNC(=NCc1ccc(OCC)c(OC)c1)Nc1ccc2c(c1)OCCCO2.I. The molecule has 0 atom stereocenters. The van der Waals surface area contributed by atoms with Gasteiger partial charge in [-0.15, -0.1) is 24.0 Å². The van der Waals surface area contributed by atoms with Crippen LogP contribution in [0.15, 0.2) is 41.4 Å². The van der Waals surface area contributed by atoms with Gasteiger partial charge in [0.15, 0.2) is 29.0 Å². The van der Waals surface area contributed by atoms with Gasteiger partial charge < -0.3 is 29.6 Å². The molecule has 0 aliphatic carbocycles. The molecule has 0 saturated carbocycles. The van der Waals surface area contributed by atoms with E-state index in [4.69, 9.17) is 18.9 Å². The first-order chi connectivity index (χ1) is 14.2. The van der Waals surface area contributed by atoms with E-state index in [0.717, 1.165) is 41.5 Å². The van der Waals surface area contributed by atoms with Crippen LogP contribution in [0.4, 0.5) is 5.69 Å². The maximum atomic E-state index is 5.77. The van der Waals surface area contributed by atoms with Crippen molar-refractivity contribution in [3.63, 3.8) is 0 Å². The number of methoxy groups -OCH3 is 1. The summed E-state index contributed by atoms with van der Waals surface area (Å²) in [5.74, 6) is 3.66. The van der Waals surface area contributed by atoms with E-state index in [0.29, 0.717) is 38.1 Å². The monoisotopic (exact) mass is 527 g/mol. The average molecular weight is 527 g/mol. The van der Waals surface area contributed by atoms with Gasteiger partial charge in [-0.25, -0.2) is 4.99 Å². The van der Waals surface area contributed by atoms with Crippen LogP contribution in [0.1, 0.15) is 25.8 Å². The van der Waals surface area contributed by atoms with Gasteiger partial charge in [-0.3, -0.25) is 0 Å². The second kappa shape index (κ2) is 12.4. The Balaban J connectivity index is 0.00000320. The number of guanidine groups is 1. The molecule has 0 aromatic heterocycles. The number of fused-ring (bicyclic) bond motifs is 1. The van der Waals surface area contributed by atoms with Crippen LogP contribution in [0.3, 0.4) is 0 Å². The number of nitrogens with one attached hydrogen (secondary N) is 2. The number of aliphatic imine (C=N–C) groups is 1. The highest BCUT2D eigenvalue weighted by molar-refractivity contribution is 14.0. The van der Waals surface area contributed by atoms with Crippen LogP contribution in [0, 0.1) is 0 Å². The highest BCUT2D eigenvalue weighted by atomic mass is 127. The molecule has 2 aromatic carbocycles. The highest BCUT2D eigenvalue weighted by Gasteiger charge is 2.11. The Hall–Kier alpha value is -2.36. The van der Waals surface area contributed by atoms with Crippen LogP contribution in [0.5, 0.6) is 23.0 Å². The van der Waals surface area contributed by atoms with Gasteiger partial charge in [-0.1, -0.05) is 6.07 Å². The van der Waals surface area contributed by atoms with Crippen molar-refractivity contribution in [2.24, 2.45) is 4.99 Å². The molecule has 7 nitrogen and oxygen atoms in total. The topological polar surface area (TPSA) is 73.3 Å². The van der Waals surface area contributed by atoms with Crippen molar-refractivity contribution in [1.29, 1.82) is 0 Å². The van der Waals surface area contributed by atoms with Crippen molar-refractivity contribution in [2.75, 3.05) is 38.8 Å². The summed E-state index contributed by atoms with van der Waals surface area (Å²) in [6.45, 7) is 7.17. The molecule has 1 heterocycles. The van der Waals surface area contributed by atoms with Gasteiger partial charge in [-0.05, 0) is 43.7 Å². The molecule has 0 saturated heterocycles. The van der Waals surface area contributed by atoms with Crippen LogP contribution in [-0.2, 0) is 6.54 Å². The van der Waals surface area contributed by atoms with Crippen LogP contribution >= 0.6 is 24.0 Å². The van der Waals surface area contributed by atoms with E-state index in [1.165, 1.54) is 0 Å². The Morgan fingerprint density at radius 3 is 2.57 bits per heavy atom. The number of rotatable bonds is 7. The predicted octanol–water partition coefficient (Wildman–Crippen LogP) is 4.45. The first-order valence-corrected chi connectivity index (χ1v) is 9.98. The van der Waals surface area contributed by atoms with Gasteiger partial charge in [0.25, 0.3) is 0 Å². The van der Waals surface area contributed by atoms with E-state index in [1.54, 1.807) is 7.11 Å². The fraction of sp³-hybridized carbons (Fsp3) is 0.409. The third-order valence-electron chi connectivity index (χ3n) is 4.30.